The number of aromatic nitrogens is 1. The van der Waals surface area contributed by atoms with Gasteiger partial charge in [0.15, 0.2) is 17.1 Å². The summed E-state index contributed by atoms with van der Waals surface area (Å²) < 4.78 is 6.01. The maximum Gasteiger partial charge on any atom is 0.238 e. The first kappa shape index (κ1) is 27.9. The van der Waals surface area contributed by atoms with E-state index in [-0.39, 0.29) is 57.6 Å². The number of ketones is 2. The second-order valence-electron chi connectivity index (χ2n) is 11.6. The largest absolute Gasteiger partial charge is 0.508 e. The first-order chi connectivity index (χ1) is 21.7. The molecule has 8 nitrogen and oxygen atoms in total. The highest BCUT2D eigenvalue weighted by Gasteiger charge is 2.57. The minimum Gasteiger partial charge on any atom is -0.508 e. The highest BCUT2D eigenvalue weighted by Crippen LogP contribution is 2.56. The monoisotopic (exact) mass is 680 g/mol. The highest BCUT2D eigenvalue weighted by atomic mass is 79.9. The molecular weight excluding hydrogens is 660 g/mol. The Balaban J connectivity index is 1.17. The molecule has 3 aliphatic carbocycles. The molecule has 4 aromatic rings. The number of allylic oxidation sites excluding steroid dienone is 6. The molecule has 0 bridgehead atoms. The van der Waals surface area contributed by atoms with E-state index in [1.54, 1.807) is 30.3 Å². The van der Waals surface area contributed by atoms with Crippen LogP contribution in [0.1, 0.15) is 24.3 Å². The van der Waals surface area contributed by atoms with E-state index >= 15 is 0 Å². The quantitative estimate of drug-likeness (QED) is 0.143. The van der Waals surface area contributed by atoms with Gasteiger partial charge in [0.25, 0.3) is 0 Å². The third-order valence-corrected chi connectivity index (χ3v) is 10.1. The molecule has 222 valence electrons. The Hall–Kier alpha value is -4.60. The summed E-state index contributed by atoms with van der Waals surface area (Å²) in [4.78, 5) is 60.6. The summed E-state index contributed by atoms with van der Waals surface area (Å²) in [6.07, 6.45) is 3.55. The number of Topliss-reactive ketones (excluding diaryl/α,β-unsaturated/α-hetero) is 1. The number of hydrogen-bond acceptors (Lipinski definition) is 7. The molecule has 2 heterocycles. The van der Waals surface area contributed by atoms with E-state index in [4.69, 9.17) is 16.0 Å². The van der Waals surface area contributed by atoms with Crippen LogP contribution in [0, 0.1) is 17.8 Å². The normalized spacial score (nSPS) is 24.4. The van der Waals surface area contributed by atoms with E-state index in [0.29, 0.717) is 33.3 Å². The number of aromatic hydroxyl groups is 1. The number of anilines is 1. The number of halogens is 2. The summed E-state index contributed by atoms with van der Waals surface area (Å²) >= 11 is 9.56. The summed E-state index contributed by atoms with van der Waals surface area (Å²) in [6.45, 7) is 0. The van der Waals surface area contributed by atoms with Crippen molar-refractivity contribution >= 4 is 67.7 Å². The lowest BCUT2D eigenvalue weighted by atomic mass is 9.59. The lowest BCUT2D eigenvalue weighted by molar-refractivity contribution is -0.123. The average molecular weight is 682 g/mol. The van der Waals surface area contributed by atoms with Gasteiger partial charge in [0.1, 0.15) is 11.3 Å². The van der Waals surface area contributed by atoms with Gasteiger partial charge in [-0.3, -0.25) is 24.1 Å². The lowest BCUT2D eigenvalue weighted by Crippen LogP contribution is -2.39. The van der Waals surface area contributed by atoms with Gasteiger partial charge in [-0.25, -0.2) is 4.98 Å². The molecule has 1 fully saturated rings. The predicted molar refractivity (Wildman–Crippen MR) is 170 cm³/mol. The van der Waals surface area contributed by atoms with E-state index in [1.165, 1.54) is 23.1 Å². The van der Waals surface area contributed by atoms with Crippen molar-refractivity contribution in [2.24, 2.45) is 17.8 Å². The van der Waals surface area contributed by atoms with Crippen LogP contribution in [0.25, 0.3) is 22.6 Å². The molecule has 4 aliphatic rings. The van der Waals surface area contributed by atoms with Crippen molar-refractivity contribution in [1.29, 1.82) is 0 Å². The molecule has 2 amide bonds. The Kier molecular flexibility index (Phi) is 6.34. The van der Waals surface area contributed by atoms with Crippen molar-refractivity contribution in [3.8, 4) is 17.2 Å². The van der Waals surface area contributed by atoms with Crippen molar-refractivity contribution in [3.05, 3.63) is 111 Å². The second kappa shape index (κ2) is 10.2. The molecule has 3 aromatic carbocycles. The van der Waals surface area contributed by atoms with Gasteiger partial charge in [0.05, 0.1) is 22.0 Å². The molecule has 0 spiro atoms. The van der Waals surface area contributed by atoms with E-state index < -0.39 is 23.7 Å². The SMILES string of the molecule is O=C1C=C(Br)C(=O)C2=C1C(c1cc(Cl)ccc1O)C1=CCC3C(=O)N(c4ccc(-c5nc6ccccc6o5)cc4)C(=O)C3C1C2. The Labute approximate surface area is 269 Å². The Morgan fingerprint density at radius 2 is 1.73 bits per heavy atom. The van der Waals surface area contributed by atoms with Gasteiger partial charge in [-0.05, 0) is 89.3 Å². The fraction of sp³-hybridized carbons (Fsp3) is 0.171. The van der Waals surface area contributed by atoms with Crippen molar-refractivity contribution in [1.82, 2.24) is 4.98 Å². The minimum absolute atomic E-state index is 0.0803. The number of carbonyl (C=O) groups is 4. The summed E-state index contributed by atoms with van der Waals surface area (Å²) in [7, 11) is 0. The fourth-order valence-electron chi connectivity index (χ4n) is 7.32. The van der Waals surface area contributed by atoms with Gasteiger partial charge in [-0.15, -0.1) is 0 Å². The molecule has 1 N–H and O–H groups in total. The predicted octanol–water partition coefficient (Wildman–Crippen LogP) is 6.82. The van der Waals surface area contributed by atoms with Crippen LogP contribution in [0.3, 0.4) is 0 Å². The Morgan fingerprint density at radius 1 is 0.956 bits per heavy atom. The summed E-state index contributed by atoms with van der Waals surface area (Å²) in [6, 6.07) is 18.9. The van der Waals surface area contributed by atoms with Crippen LogP contribution in [0.15, 0.2) is 105 Å². The van der Waals surface area contributed by atoms with Crippen LogP contribution in [0.5, 0.6) is 5.75 Å². The molecule has 4 atom stereocenters. The number of phenols is 1. The maximum atomic E-state index is 14.2. The molecule has 4 unspecified atom stereocenters. The van der Waals surface area contributed by atoms with Gasteiger partial charge in [-0.1, -0.05) is 35.4 Å². The molecule has 45 heavy (non-hydrogen) atoms. The van der Waals surface area contributed by atoms with Gasteiger partial charge < -0.3 is 9.52 Å². The number of hydrogen-bond donors (Lipinski definition) is 1. The molecular formula is C35H22BrClN2O6. The standard InChI is InChI=1S/C35H22BrClN2O6/c36-24-15-27(41)31-23(32(24)42)14-21-19(29(31)22-13-17(37)7-12-26(22)40)10-11-20-30(21)35(44)39(34(20)43)18-8-5-16(6-9-18)33-38-25-3-1-2-4-28(25)45-33/h1-10,12-13,15,20-21,29-30,40H,11,14H2. The molecule has 1 saturated heterocycles. The zero-order valence-electron chi connectivity index (χ0n) is 23.4. The third kappa shape index (κ3) is 4.21. The Bertz CT molecular complexity index is 2080. The fourth-order valence-corrected chi connectivity index (χ4v) is 7.95. The number of fused-ring (bicyclic) bond motifs is 4. The average Bonchev–Trinajstić information content (AvgIpc) is 3.58. The first-order valence-corrected chi connectivity index (χ1v) is 15.6. The number of benzene rings is 3. The zero-order chi connectivity index (χ0) is 31.1. The third-order valence-electron chi connectivity index (χ3n) is 9.30. The summed E-state index contributed by atoms with van der Waals surface area (Å²) in [5.41, 5.74) is 4.16. The van der Waals surface area contributed by atoms with Gasteiger partial charge in [-0.2, -0.15) is 0 Å². The molecule has 0 radical (unpaired) electrons. The smallest absolute Gasteiger partial charge is 0.238 e. The number of imide groups is 1. The van der Waals surface area contributed by atoms with Crippen LogP contribution >= 0.6 is 27.5 Å². The Morgan fingerprint density at radius 3 is 2.51 bits per heavy atom. The van der Waals surface area contributed by atoms with Crippen LogP contribution in [0.4, 0.5) is 5.69 Å². The number of para-hydroxylation sites is 2. The maximum absolute atomic E-state index is 14.2. The molecule has 8 rings (SSSR count). The number of amides is 2. The number of oxazole rings is 1. The number of nitrogens with zero attached hydrogens (tertiary/aromatic N) is 2. The van der Waals surface area contributed by atoms with Crippen molar-refractivity contribution in [3.63, 3.8) is 0 Å². The van der Waals surface area contributed by atoms with E-state index in [2.05, 4.69) is 20.9 Å². The van der Waals surface area contributed by atoms with Gasteiger partial charge in [0, 0.05) is 39.3 Å². The highest BCUT2D eigenvalue weighted by molar-refractivity contribution is 9.12. The molecule has 1 aliphatic heterocycles. The van der Waals surface area contributed by atoms with Crippen LogP contribution in [0.2, 0.25) is 5.02 Å². The van der Waals surface area contributed by atoms with Crippen LogP contribution in [-0.2, 0) is 19.2 Å². The molecule has 10 heteroatoms. The topological polar surface area (TPSA) is 118 Å². The minimum atomic E-state index is -0.792. The number of rotatable bonds is 3. The van der Waals surface area contributed by atoms with E-state index in [0.717, 1.165) is 11.1 Å². The van der Waals surface area contributed by atoms with Crippen molar-refractivity contribution < 1.29 is 28.7 Å². The summed E-state index contributed by atoms with van der Waals surface area (Å²) in [5, 5.41) is 11.3. The molecule has 0 saturated carbocycles. The summed E-state index contributed by atoms with van der Waals surface area (Å²) in [5.74, 6) is -3.74. The van der Waals surface area contributed by atoms with E-state index in [1.807, 2.05) is 30.3 Å². The second-order valence-corrected chi connectivity index (χ2v) is 12.9. The zero-order valence-corrected chi connectivity index (χ0v) is 25.7. The van der Waals surface area contributed by atoms with Crippen LogP contribution in [-0.4, -0.2) is 33.5 Å². The first-order valence-electron chi connectivity index (χ1n) is 14.4. The number of phenolic OH excluding ortho intramolecular Hbond substituents is 1. The van der Waals surface area contributed by atoms with Crippen molar-refractivity contribution in [2.75, 3.05) is 4.90 Å². The van der Waals surface area contributed by atoms with Gasteiger partial charge in [0.2, 0.25) is 17.7 Å². The van der Waals surface area contributed by atoms with Crippen molar-refractivity contribution in [2.45, 2.75) is 18.8 Å². The van der Waals surface area contributed by atoms with Crippen LogP contribution < -0.4 is 4.90 Å². The number of carbonyl (C=O) groups excluding carboxylic acids is 4. The lowest BCUT2D eigenvalue weighted by Gasteiger charge is -2.42. The van der Waals surface area contributed by atoms with E-state index in [9.17, 15) is 24.3 Å². The van der Waals surface area contributed by atoms with Gasteiger partial charge >= 0.3 is 0 Å². The molecule has 1 aromatic heterocycles.